The van der Waals surface area contributed by atoms with Crippen LogP contribution in [0.15, 0.2) is 24.3 Å². The zero-order chi connectivity index (χ0) is 15.3. The quantitative estimate of drug-likeness (QED) is 0.773. The molecule has 1 fully saturated rings. The third-order valence-corrected chi connectivity index (χ3v) is 4.72. The molecule has 2 N–H and O–H groups in total. The highest BCUT2D eigenvalue weighted by molar-refractivity contribution is 5.39. The second kappa shape index (κ2) is 7.31. The molecule has 2 nitrogen and oxygen atoms in total. The number of hydrogen-bond acceptors (Lipinski definition) is 2. The van der Waals surface area contributed by atoms with Crippen molar-refractivity contribution in [2.75, 3.05) is 0 Å². The van der Waals surface area contributed by atoms with Gasteiger partial charge in [0, 0.05) is 11.1 Å². The van der Waals surface area contributed by atoms with Gasteiger partial charge in [0.2, 0.25) is 0 Å². The van der Waals surface area contributed by atoms with Crippen LogP contribution >= 0.6 is 0 Å². The zero-order valence-electron chi connectivity index (χ0n) is 13.9. The Balaban J connectivity index is 2.19. The van der Waals surface area contributed by atoms with Gasteiger partial charge >= 0.3 is 0 Å². The molecule has 1 saturated carbocycles. The van der Waals surface area contributed by atoms with Crippen LogP contribution in [0.1, 0.15) is 71.3 Å². The van der Waals surface area contributed by atoms with Crippen LogP contribution in [0.5, 0.6) is 5.75 Å². The molecule has 0 bridgehead atoms. The minimum absolute atomic E-state index is 0.188. The maximum atomic E-state index is 6.84. The van der Waals surface area contributed by atoms with Crippen LogP contribution in [0.25, 0.3) is 0 Å². The summed E-state index contributed by atoms with van der Waals surface area (Å²) in [5.74, 6) is 1.84. The molecule has 0 aliphatic heterocycles. The van der Waals surface area contributed by atoms with Crippen LogP contribution in [0, 0.1) is 5.92 Å². The Kier molecular flexibility index (Phi) is 5.69. The highest BCUT2D eigenvalue weighted by Crippen LogP contribution is 2.40. The highest BCUT2D eigenvalue weighted by Gasteiger charge is 2.33. The molecule has 1 aliphatic carbocycles. The molecule has 2 rings (SSSR count). The van der Waals surface area contributed by atoms with Crippen molar-refractivity contribution >= 4 is 0 Å². The third-order valence-electron chi connectivity index (χ3n) is 4.72. The van der Waals surface area contributed by atoms with E-state index in [1.807, 2.05) is 6.07 Å². The molecule has 2 heteroatoms. The molecule has 1 aromatic carbocycles. The van der Waals surface area contributed by atoms with Crippen molar-refractivity contribution < 1.29 is 4.74 Å². The summed E-state index contributed by atoms with van der Waals surface area (Å²) in [4.78, 5) is 0. The molecule has 2 unspecified atom stereocenters. The summed E-state index contributed by atoms with van der Waals surface area (Å²) < 4.78 is 6.00. The van der Waals surface area contributed by atoms with E-state index < -0.39 is 0 Å². The van der Waals surface area contributed by atoms with Crippen molar-refractivity contribution in [1.29, 1.82) is 0 Å². The molecule has 0 heterocycles. The average Bonchev–Trinajstić information content (AvgIpc) is 2.62. The molecule has 0 saturated heterocycles. The van der Waals surface area contributed by atoms with E-state index in [-0.39, 0.29) is 11.6 Å². The first-order valence-electron chi connectivity index (χ1n) is 8.60. The van der Waals surface area contributed by atoms with Gasteiger partial charge in [0.25, 0.3) is 0 Å². The standard InChI is InChI=1S/C19H31NO/c1-4-8-16-9-7-13-19(20,14-12-16)17-10-5-6-11-18(17)21-15(2)3/h5-6,10-11,15-16H,4,7-9,12-14,20H2,1-3H3. The Morgan fingerprint density at radius 3 is 2.71 bits per heavy atom. The van der Waals surface area contributed by atoms with Crippen LogP contribution in [0.2, 0.25) is 0 Å². The normalized spacial score (nSPS) is 26.6. The van der Waals surface area contributed by atoms with Crippen LogP contribution in [0.4, 0.5) is 0 Å². The van der Waals surface area contributed by atoms with Gasteiger partial charge in [-0.25, -0.2) is 0 Å². The van der Waals surface area contributed by atoms with Gasteiger partial charge < -0.3 is 10.5 Å². The molecular weight excluding hydrogens is 258 g/mol. The van der Waals surface area contributed by atoms with Crippen LogP contribution < -0.4 is 10.5 Å². The SMILES string of the molecule is CCCC1CCCC(N)(c2ccccc2OC(C)C)CC1. The Morgan fingerprint density at radius 2 is 2.00 bits per heavy atom. The predicted molar refractivity (Wildman–Crippen MR) is 89.6 cm³/mol. The Morgan fingerprint density at radius 1 is 1.24 bits per heavy atom. The first-order valence-corrected chi connectivity index (χ1v) is 8.60. The lowest BCUT2D eigenvalue weighted by Crippen LogP contribution is -2.36. The molecule has 0 spiro atoms. The predicted octanol–water partition coefficient (Wildman–Crippen LogP) is 5.01. The van der Waals surface area contributed by atoms with Crippen molar-refractivity contribution in [1.82, 2.24) is 0 Å². The topological polar surface area (TPSA) is 35.2 Å². The molecule has 0 amide bonds. The van der Waals surface area contributed by atoms with E-state index >= 15 is 0 Å². The lowest BCUT2D eigenvalue weighted by atomic mass is 9.83. The maximum absolute atomic E-state index is 6.84. The van der Waals surface area contributed by atoms with Gasteiger partial charge in [0.15, 0.2) is 0 Å². The molecule has 0 aromatic heterocycles. The lowest BCUT2D eigenvalue weighted by molar-refractivity contribution is 0.231. The second-order valence-electron chi connectivity index (χ2n) is 6.90. The molecule has 118 valence electrons. The highest BCUT2D eigenvalue weighted by atomic mass is 16.5. The number of para-hydroxylation sites is 1. The number of hydrogen-bond donors (Lipinski definition) is 1. The van der Waals surface area contributed by atoms with E-state index in [0.29, 0.717) is 0 Å². The average molecular weight is 289 g/mol. The summed E-state index contributed by atoms with van der Waals surface area (Å²) >= 11 is 0. The van der Waals surface area contributed by atoms with Crippen LogP contribution in [-0.4, -0.2) is 6.10 Å². The van der Waals surface area contributed by atoms with Gasteiger partial charge in [0.05, 0.1) is 6.10 Å². The molecule has 1 aromatic rings. The summed E-state index contributed by atoms with van der Waals surface area (Å²) in [6, 6.07) is 8.36. The van der Waals surface area contributed by atoms with Gasteiger partial charge in [-0.15, -0.1) is 0 Å². The van der Waals surface area contributed by atoms with E-state index in [4.69, 9.17) is 10.5 Å². The van der Waals surface area contributed by atoms with Gasteiger partial charge in [-0.1, -0.05) is 50.8 Å². The van der Waals surface area contributed by atoms with E-state index in [2.05, 4.69) is 39.0 Å². The largest absolute Gasteiger partial charge is 0.491 e. The molecule has 21 heavy (non-hydrogen) atoms. The number of nitrogens with two attached hydrogens (primary N) is 1. The molecule has 2 atom stereocenters. The van der Waals surface area contributed by atoms with Crippen molar-refractivity contribution in [3.63, 3.8) is 0 Å². The fourth-order valence-electron chi connectivity index (χ4n) is 3.64. The number of benzene rings is 1. The zero-order valence-corrected chi connectivity index (χ0v) is 13.9. The van der Waals surface area contributed by atoms with Crippen LogP contribution in [0.3, 0.4) is 0 Å². The van der Waals surface area contributed by atoms with E-state index in [9.17, 15) is 0 Å². The Labute approximate surface area is 130 Å². The van der Waals surface area contributed by atoms with Crippen molar-refractivity contribution in [2.24, 2.45) is 11.7 Å². The molecule has 0 radical (unpaired) electrons. The fraction of sp³-hybridized carbons (Fsp3) is 0.684. The van der Waals surface area contributed by atoms with Gasteiger partial charge in [0.1, 0.15) is 5.75 Å². The first kappa shape index (κ1) is 16.4. The minimum atomic E-state index is -0.214. The third kappa shape index (κ3) is 4.23. The summed E-state index contributed by atoms with van der Waals surface area (Å²) in [7, 11) is 0. The van der Waals surface area contributed by atoms with Gasteiger partial charge in [-0.2, -0.15) is 0 Å². The summed E-state index contributed by atoms with van der Waals surface area (Å²) in [6.07, 6.45) is 8.79. The lowest BCUT2D eigenvalue weighted by Gasteiger charge is -2.31. The first-order chi connectivity index (χ1) is 10.0. The van der Waals surface area contributed by atoms with Crippen molar-refractivity contribution in [3.8, 4) is 5.75 Å². The molecular formula is C19H31NO. The smallest absolute Gasteiger partial charge is 0.124 e. The van der Waals surface area contributed by atoms with E-state index in [1.165, 1.54) is 37.7 Å². The van der Waals surface area contributed by atoms with E-state index in [0.717, 1.165) is 24.5 Å². The minimum Gasteiger partial charge on any atom is -0.491 e. The van der Waals surface area contributed by atoms with Crippen molar-refractivity contribution in [2.45, 2.75) is 77.4 Å². The second-order valence-corrected chi connectivity index (χ2v) is 6.90. The summed E-state index contributed by atoms with van der Waals surface area (Å²) in [5.41, 5.74) is 7.83. The summed E-state index contributed by atoms with van der Waals surface area (Å²) in [5, 5.41) is 0. The van der Waals surface area contributed by atoms with Gasteiger partial charge in [-0.3, -0.25) is 0 Å². The van der Waals surface area contributed by atoms with Crippen LogP contribution in [-0.2, 0) is 5.54 Å². The monoisotopic (exact) mass is 289 g/mol. The number of rotatable bonds is 5. The fourth-order valence-corrected chi connectivity index (χ4v) is 3.64. The number of ether oxygens (including phenoxy) is 1. The maximum Gasteiger partial charge on any atom is 0.124 e. The summed E-state index contributed by atoms with van der Waals surface area (Å²) in [6.45, 7) is 6.43. The van der Waals surface area contributed by atoms with E-state index in [1.54, 1.807) is 0 Å². The Hall–Kier alpha value is -1.02. The van der Waals surface area contributed by atoms with Crippen molar-refractivity contribution in [3.05, 3.63) is 29.8 Å². The molecule has 1 aliphatic rings. The van der Waals surface area contributed by atoms with Gasteiger partial charge in [-0.05, 0) is 45.1 Å². The Bertz CT molecular complexity index is 443.